The molecule has 0 aliphatic heterocycles. The number of halogens is 3. The number of nitrogens with one attached hydrogen (secondary N) is 1. The van der Waals surface area contributed by atoms with Gasteiger partial charge in [-0.05, 0) is 59.7 Å². The van der Waals surface area contributed by atoms with Crippen LogP contribution in [0, 0.1) is 17.6 Å². The van der Waals surface area contributed by atoms with Gasteiger partial charge in [0.15, 0.2) is 0 Å². The third-order valence-corrected chi connectivity index (χ3v) is 4.86. The average molecular weight is 346 g/mol. The van der Waals surface area contributed by atoms with Crippen LogP contribution in [0.15, 0.2) is 16.6 Å². The molecule has 0 spiro atoms. The molecule has 0 atom stereocenters. The lowest BCUT2D eigenvalue weighted by Gasteiger charge is -2.29. The van der Waals surface area contributed by atoms with Crippen molar-refractivity contribution in [1.29, 1.82) is 0 Å². The van der Waals surface area contributed by atoms with Gasteiger partial charge >= 0.3 is 0 Å². The summed E-state index contributed by atoms with van der Waals surface area (Å²) in [6.45, 7) is 2.49. The lowest BCUT2D eigenvalue weighted by molar-refractivity contribution is 0.276. The van der Waals surface area contributed by atoms with Gasteiger partial charge in [-0.1, -0.05) is 19.8 Å². The van der Waals surface area contributed by atoms with Gasteiger partial charge < -0.3 is 5.32 Å². The molecule has 0 saturated heterocycles. The minimum absolute atomic E-state index is 0.134. The number of rotatable bonds is 5. The molecule has 1 aliphatic carbocycles. The molecule has 0 aromatic heterocycles. The Hall–Kier alpha value is -0.480. The molecule has 1 fully saturated rings. The van der Waals surface area contributed by atoms with E-state index in [4.69, 9.17) is 0 Å². The second-order valence-corrected chi connectivity index (χ2v) is 6.56. The Labute approximate surface area is 128 Å². The lowest BCUT2D eigenvalue weighted by Crippen LogP contribution is -2.33. The van der Waals surface area contributed by atoms with Gasteiger partial charge in [-0.15, -0.1) is 0 Å². The maximum atomic E-state index is 13.9. The summed E-state index contributed by atoms with van der Waals surface area (Å²) in [7, 11) is 0. The molecular formula is C16H22BrF2N. The average Bonchev–Trinajstić information content (AvgIpc) is 2.45. The first-order chi connectivity index (χ1) is 9.61. The molecule has 20 heavy (non-hydrogen) atoms. The second kappa shape index (κ2) is 7.51. The highest BCUT2D eigenvalue weighted by molar-refractivity contribution is 9.10. The van der Waals surface area contributed by atoms with Gasteiger partial charge in [-0.2, -0.15) is 0 Å². The van der Waals surface area contributed by atoms with E-state index in [1.165, 1.54) is 37.8 Å². The fourth-order valence-electron chi connectivity index (χ4n) is 3.04. The van der Waals surface area contributed by atoms with Crippen LogP contribution in [0.5, 0.6) is 0 Å². The molecule has 112 valence electrons. The van der Waals surface area contributed by atoms with Crippen LogP contribution in [-0.2, 0) is 6.54 Å². The van der Waals surface area contributed by atoms with E-state index in [-0.39, 0.29) is 12.1 Å². The van der Waals surface area contributed by atoms with Gasteiger partial charge in [0.05, 0.1) is 4.47 Å². The summed E-state index contributed by atoms with van der Waals surface area (Å²) in [4.78, 5) is 0. The van der Waals surface area contributed by atoms with Crippen molar-refractivity contribution < 1.29 is 8.78 Å². The molecule has 0 amide bonds. The quantitative estimate of drug-likeness (QED) is 0.725. The minimum Gasteiger partial charge on any atom is -0.310 e. The molecular weight excluding hydrogens is 324 g/mol. The summed E-state index contributed by atoms with van der Waals surface area (Å²) >= 11 is 3.10. The van der Waals surface area contributed by atoms with Crippen molar-refractivity contribution in [2.45, 2.75) is 58.0 Å². The highest BCUT2D eigenvalue weighted by Gasteiger charge is 2.21. The Morgan fingerprint density at radius 3 is 2.55 bits per heavy atom. The molecule has 1 aliphatic rings. The van der Waals surface area contributed by atoms with E-state index >= 15 is 0 Å². The first-order valence-electron chi connectivity index (χ1n) is 7.47. The highest BCUT2D eigenvalue weighted by atomic mass is 79.9. The molecule has 1 aromatic carbocycles. The molecule has 1 saturated carbocycles. The molecule has 2 rings (SSSR count). The third kappa shape index (κ3) is 4.01. The van der Waals surface area contributed by atoms with Gasteiger partial charge in [-0.3, -0.25) is 0 Å². The second-order valence-electron chi connectivity index (χ2n) is 5.71. The van der Waals surface area contributed by atoms with E-state index in [0.717, 1.165) is 18.8 Å². The van der Waals surface area contributed by atoms with Crippen LogP contribution in [0.1, 0.15) is 51.0 Å². The fourth-order valence-corrected chi connectivity index (χ4v) is 3.41. The number of hydrogen-bond acceptors (Lipinski definition) is 1. The normalized spacial score (nSPS) is 23.0. The van der Waals surface area contributed by atoms with Gasteiger partial charge in [0.25, 0.3) is 0 Å². The number of benzene rings is 1. The van der Waals surface area contributed by atoms with Crippen LogP contribution in [0.3, 0.4) is 0 Å². The third-order valence-electron chi connectivity index (χ3n) is 4.25. The molecule has 1 N–H and O–H groups in total. The van der Waals surface area contributed by atoms with Crippen molar-refractivity contribution in [3.8, 4) is 0 Å². The molecule has 0 heterocycles. The van der Waals surface area contributed by atoms with Crippen molar-refractivity contribution in [3.63, 3.8) is 0 Å². The van der Waals surface area contributed by atoms with Crippen LogP contribution in [0.2, 0.25) is 0 Å². The van der Waals surface area contributed by atoms with Crippen LogP contribution >= 0.6 is 15.9 Å². The van der Waals surface area contributed by atoms with Crippen molar-refractivity contribution >= 4 is 15.9 Å². The predicted octanol–water partition coefficient (Wildman–Crippen LogP) is 5.18. The molecule has 1 nitrogen and oxygen atoms in total. The summed E-state index contributed by atoms with van der Waals surface area (Å²) in [5, 5.41) is 3.31. The van der Waals surface area contributed by atoms with E-state index in [1.54, 1.807) is 0 Å². The molecule has 0 unspecified atom stereocenters. The van der Waals surface area contributed by atoms with Gasteiger partial charge in [-0.25, -0.2) is 8.78 Å². The zero-order valence-corrected chi connectivity index (χ0v) is 13.5. The Morgan fingerprint density at radius 2 is 1.90 bits per heavy atom. The standard InChI is InChI=1S/C16H22BrF2N/c1-2-3-11-4-6-12(7-5-11)20-10-13-15(18)9-8-14(17)16(13)19/h8-9,11-12,20H,2-7,10H2,1H3. The zero-order chi connectivity index (χ0) is 14.5. The first-order valence-corrected chi connectivity index (χ1v) is 8.26. The summed E-state index contributed by atoms with van der Waals surface area (Å²) in [6, 6.07) is 3.10. The summed E-state index contributed by atoms with van der Waals surface area (Å²) in [5.41, 5.74) is 0.134. The Morgan fingerprint density at radius 1 is 1.20 bits per heavy atom. The molecule has 0 bridgehead atoms. The van der Waals surface area contributed by atoms with Crippen LogP contribution in [-0.4, -0.2) is 6.04 Å². The lowest BCUT2D eigenvalue weighted by atomic mass is 9.83. The molecule has 1 aromatic rings. The van der Waals surface area contributed by atoms with Crippen LogP contribution in [0.4, 0.5) is 8.78 Å². The smallest absolute Gasteiger partial charge is 0.144 e. The van der Waals surface area contributed by atoms with Crippen molar-refractivity contribution in [2.24, 2.45) is 5.92 Å². The SMILES string of the molecule is CCCC1CCC(NCc2c(F)ccc(Br)c2F)CC1. The monoisotopic (exact) mass is 345 g/mol. The largest absolute Gasteiger partial charge is 0.310 e. The van der Waals surface area contributed by atoms with Gasteiger partial charge in [0, 0.05) is 18.2 Å². The maximum absolute atomic E-state index is 13.9. The Kier molecular flexibility index (Phi) is 5.97. The topological polar surface area (TPSA) is 12.0 Å². The Bertz CT molecular complexity index is 442. The first kappa shape index (κ1) is 15.9. The van der Waals surface area contributed by atoms with E-state index in [2.05, 4.69) is 28.2 Å². The number of hydrogen-bond donors (Lipinski definition) is 1. The van der Waals surface area contributed by atoms with Gasteiger partial charge in [0.1, 0.15) is 11.6 Å². The Balaban J connectivity index is 1.86. The summed E-state index contributed by atoms with van der Waals surface area (Å²) < 4.78 is 27.8. The fraction of sp³-hybridized carbons (Fsp3) is 0.625. The highest BCUT2D eigenvalue weighted by Crippen LogP contribution is 2.28. The van der Waals surface area contributed by atoms with Crippen molar-refractivity contribution in [2.75, 3.05) is 0 Å². The van der Waals surface area contributed by atoms with Crippen LogP contribution < -0.4 is 5.32 Å². The predicted molar refractivity (Wildman–Crippen MR) is 81.6 cm³/mol. The minimum atomic E-state index is -0.489. The van der Waals surface area contributed by atoms with Crippen molar-refractivity contribution in [1.82, 2.24) is 5.32 Å². The molecule has 4 heteroatoms. The zero-order valence-electron chi connectivity index (χ0n) is 11.9. The maximum Gasteiger partial charge on any atom is 0.144 e. The van der Waals surface area contributed by atoms with E-state index < -0.39 is 11.6 Å². The summed E-state index contributed by atoms with van der Waals surface area (Å²) in [6.07, 6.45) is 7.24. The molecule has 0 radical (unpaired) electrons. The van der Waals surface area contributed by atoms with Crippen molar-refractivity contribution in [3.05, 3.63) is 33.8 Å². The van der Waals surface area contributed by atoms with E-state index in [0.29, 0.717) is 10.5 Å². The van der Waals surface area contributed by atoms with Gasteiger partial charge in [0.2, 0.25) is 0 Å². The summed E-state index contributed by atoms with van der Waals surface area (Å²) in [5.74, 6) is -0.118. The van der Waals surface area contributed by atoms with E-state index in [1.807, 2.05) is 0 Å². The van der Waals surface area contributed by atoms with E-state index in [9.17, 15) is 8.78 Å². The van der Waals surface area contributed by atoms with Crippen LogP contribution in [0.25, 0.3) is 0 Å².